The van der Waals surface area contributed by atoms with Gasteiger partial charge in [0, 0.05) is 34.4 Å². The number of hydrogen-bond donors (Lipinski definition) is 1. The minimum absolute atomic E-state index is 0.0216. The molecule has 42 heavy (non-hydrogen) atoms. The molecule has 1 N–H and O–H groups in total. The number of rotatable bonds is 4. The number of aliphatic hydroxyl groups excluding tert-OH is 1. The number of Topliss-reactive ketones (excluding diaryl/α,β-unsaturated/α-hetero) is 1. The number of carbonyl (C=O) groups is 1. The van der Waals surface area contributed by atoms with Crippen molar-refractivity contribution in [1.82, 2.24) is 10.0 Å². The number of ether oxygens (including phenoxy) is 1. The van der Waals surface area contributed by atoms with Gasteiger partial charge < -0.3 is 9.84 Å². The molecule has 0 aromatic heterocycles. The molecule has 1 saturated heterocycles. The van der Waals surface area contributed by atoms with Crippen LogP contribution in [0.3, 0.4) is 0 Å². The molecule has 1 saturated carbocycles. The normalized spacial score (nSPS) is 23.3. The van der Waals surface area contributed by atoms with Crippen molar-refractivity contribution in [2.24, 2.45) is 5.41 Å². The van der Waals surface area contributed by atoms with Gasteiger partial charge in [0.15, 0.2) is 23.2 Å². The van der Waals surface area contributed by atoms with Crippen molar-refractivity contribution in [2.75, 3.05) is 6.54 Å². The number of aliphatic hydroxyl groups is 1. The Balaban J connectivity index is 1.41. The Morgan fingerprint density at radius 1 is 0.952 bits per heavy atom. The molecule has 3 aromatic rings. The third-order valence-electron chi connectivity index (χ3n) is 9.04. The average Bonchev–Trinajstić information content (AvgIpc) is 3.18. The van der Waals surface area contributed by atoms with Gasteiger partial charge >= 0.3 is 0 Å². The van der Waals surface area contributed by atoms with Gasteiger partial charge in [-0.2, -0.15) is 0 Å². The average molecular weight is 587 g/mol. The summed E-state index contributed by atoms with van der Waals surface area (Å²) in [5.41, 5.74) is 2.56. The quantitative estimate of drug-likeness (QED) is 0.354. The van der Waals surface area contributed by atoms with Crippen LogP contribution in [0.2, 0.25) is 0 Å². The van der Waals surface area contributed by atoms with E-state index in [1.165, 1.54) is 17.8 Å². The van der Waals surface area contributed by atoms with Gasteiger partial charge in [-0.1, -0.05) is 73.9 Å². The zero-order chi connectivity index (χ0) is 28.8. The van der Waals surface area contributed by atoms with Crippen molar-refractivity contribution in [3.8, 4) is 0 Å². The first-order valence-electron chi connectivity index (χ1n) is 14.5. The Bertz CT molecular complexity index is 1580. The van der Waals surface area contributed by atoms with Gasteiger partial charge in [0.05, 0.1) is 6.04 Å². The van der Waals surface area contributed by atoms with Crippen molar-refractivity contribution >= 4 is 17.5 Å². The maximum Gasteiger partial charge on any atom is 0.191 e. The van der Waals surface area contributed by atoms with Gasteiger partial charge in [-0.3, -0.25) is 9.80 Å². The second-order valence-corrected chi connectivity index (χ2v) is 12.6. The van der Waals surface area contributed by atoms with Crippen molar-refractivity contribution < 1.29 is 23.4 Å². The first-order chi connectivity index (χ1) is 20.5. The summed E-state index contributed by atoms with van der Waals surface area (Å²) < 4.78 is 36.2. The summed E-state index contributed by atoms with van der Waals surface area (Å²) in [7, 11) is 0. The second kappa shape index (κ2) is 11.0. The Labute approximate surface area is 248 Å². The number of benzene rings is 3. The van der Waals surface area contributed by atoms with Crippen molar-refractivity contribution in [3.63, 3.8) is 0 Å². The van der Waals surface area contributed by atoms with E-state index in [2.05, 4.69) is 5.01 Å². The van der Waals surface area contributed by atoms with Crippen LogP contribution in [0.4, 0.5) is 8.78 Å². The van der Waals surface area contributed by atoms with Crippen LogP contribution in [0.5, 0.6) is 0 Å². The predicted octanol–water partition coefficient (Wildman–Crippen LogP) is 7.03. The fourth-order valence-electron chi connectivity index (χ4n) is 6.92. The third kappa shape index (κ3) is 4.57. The zero-order valence-corrected chi connectivity index (χ0v) is 24.0. The first kappa shape index (κ1) is 27.4. The number of allylic oxidation sites excluding steroid dienone is 1. The Morgan fingerprint density at radius 2 is 1.71 bits per heavy atom. The molecule has 0 amide bonds. The van der Waals surface area contributed by atoms with Crippen LogP contribution in [-0.4, -0.2) is 33.6 Å². The highest BCUT2D eigenvalue weighted by atomic mass is 32.2. The summed E-state index contributed by atoms with van der Waals surface area (Å²) in [6.45, 7) is 0.624. The smallest absolute Gasteiger partial charge is 0.191 e. The number of hydrazine groups is 1. The van der Waals surface area contributed by atoms with Gasteiger partial charge in [-0.05, 0) is 47.7 Å². The molecule has 1 spiro atoms. The highest BCUT2D eigenvalue weighted by Crippen LogP contribution is 2.51. The number of ketones is 1. The zero-order valence-electron chi connectivity index (χ0n) is 23.1. The molecular weight excluding hydrogens is 554 g/mol. The van der Waals surface area contributed by atoms with E-state index >= 15 is 4.39 Å². The molecule has 5 nitrogen and oxygen atoms in total. The minimum Gasteiger partial charge on any atom is -0.488 e. The first-order valence-corrected chi connectivity index (χ1v) is 15.5. The molecule has 0 bridgehead atoms. The van der Waals surface area contributed by atoms with E-state index in [0.29, 0.717) is 29.1 Å². The largest absolute Gasteiger partial charge is 0.488 e. The molecule has 3 aromatic carbocycles. The van der Waals surface area contributed by atoms with Crippen LogP contribution in [0.25, 0.3) is 0 Å². The molecule has 3 aliphatic heterocycles. The van der Waals surface area contributed by atoms with Crippen LogP contribution in [-0.2, 0) is 21.9 Å². The number of thioether (sulfide) groups is 1. The summed E-state index contributed by atoms with van der Waals surface area (Å²) in [4.78, 5) is 15.5. The van der Waals surface area contributed by atoms with Gasteiger partial charge in [0.2, 0.25) is 0 Å². The molecule has 8 heteroatoms. The topological polar surface area (TPSA) is 53.0 Å². The molecule has 1 unspecified atom stereocenters. The Hall–Kier alpha value is -3.46. The van der Waals surface area contributed by atoms with Gasteiger partial charge in [0.25, 0.3) is 0 Å². The fraction of sp³-hybridized carbons (Fsp3) is 0.324. The summed E-state index contributed by atoms with van der Waals surface area (Å²) >= 11 is 1.49. The highest BCUT2D eigenvalue weighted by Gasteiger charge is 2.53. The molecule has 2 fully saturated rings. The van der Waals surface area contributed by atoms with Crippen LogP contribution in [0.15, 0.2) is 95.4 Å². The van der Waals surface area contributed by atoms with Crippen LogP contribution in [0, 0.1) is 17.0 Å². The van der Waals surface area contributed by atoms with Gasteiger partial charge in [-0.25, -0.2) is 13.8 Å². The van der Waals surface area contributed by atoms with Gasteiger partial charge in [0.1, 0.15) is 18.4 Å². The lowest BCUT2D eigenvalue weighted by atomic mass is 9.68. The number of hydrogen-bond acceptors (Lipinski definition) is 6. The third-order valence-corrected chi connectivity index (χ3v) is 10.2. The minimum atomic E-state index is -1.08. The monoisotopic (exact) mass is 586 g/mol. The highest BCUT2D eigenvalue weighted by molar-refractivity contribution is 7.98. The molecule has 216 valence electrons. The number of nitrogens with zero attached hydrogens (tertiary/aromatic N) is 2. The Kier molecular flexibility index (Phi) is 7.16. The molecule has 4 aliphatic rings. The van der Waals surface area contributed by atoms with E-state index in [4.69, 9.17) is 4.74 Å². The molecular formula is C34H32F2N2O3S. The number of fused-ring (bicyclic) bond motifs is 3. The van der Waals surface area contributed by atoms with Crippen LogP contribution >= 0.6 is 11.8 Å². The predicted molar refractivity (Wildman–Crippen MR) is 157 cm³/mol. The van der Waals surface area contributed by atoms with Crippen LogP contribution < -0.4 is 0 Å². The maximum atomic E-state index is 15.4. The van der Waals surface area contributed by atoms with E-state index in [1.54, 1.807) is 23.4 Å². The lowest BCUT2D eigenvalue weighted by molar-refractivity contribution is -0.148. The van der Waals surface area contributed by atoms with E-state index in [-0.39, 0.29) is 18.1 Å². The number of carbonyl (C=O) groups excluding carboxylic acids is 1. The SMILES string of the molecule is O=C1C2=C(OCc3ccccc3)C(O)C=CN2N([C@@H]2c3ccccc3SCc3c2ccc(F)c3F)CC12CCCCC2. The van der Waals surface area contributed by atoms with Crippen molar-refractivity contribution in [2.45, 2.75) is 61.5 Å². The molecule has 7 rings (SSSR count). The molecule has 2 atom stereocenters. The van der Waals surface area contributed by atoms with Crippen molar-refractivity contribution in [3.05, 3.63) is 124 Å². The fourth-order valence-corrected chi connectivity index (χ4v) is 8.04. The lowest BCUT2D eigenvalue weighted by Gasteiger charge is -2.53. The molecule has 1 aliphatic carbocycles. The summed E-state index contributed by atoms with van der Waals surface area (Å²) in [5.74, 6) is -1.19. The van der Waals surface area contributed by atoms with E-state index in [9.17, 15) is 14.3 Å². The lowest BCUT2D eigenvalue weighted by Crippen LogP contribution is -2.59. The number of halogens is 2. The summed E-state index contributed by atoms with van der Waals surface area (Å²) in [5, 5.41) is 15.1. The maximum absolute atomic E-state index is 15.4. The standard InChI is InChI=1S/C34H32F2N2O3S/c35-26-14-13-23-25(29(26)36)20-42-28-12-6-5-11-24(28)30(23)38-21-34(16-7-2-8-17-34)33(40)31-32(27(39)15-18-37(31)38)41-19-22-9-3-1-4-10-22/h1,3-6,9-15,18,27,30,39H,2,7-8,16-17,19-21H2/t27?,30-/m0/s1. The summed E-state index contributed by atoms with van der Waals surface area (Å²) in [6.07, 6.45) is 6.63. The molecule has 3 heterocycles. The summed E-state index contributed by atoms with van der Waals surface area (Å²) in [6, 6.07) is 20.0. The van der Waals surface area contributed by atoms with E-state index in [1.807, 2.05) is 54.6 Å². The van der Waals surface area contributed by atoms with Gasteiger partial charge in [-0.15, -0.1) is 11.8 Å². The Morgan fingerprint density at radius 3 is 2.52 bits per heavy atom. The van der Waals surface area contributed by atoms with E-state index in [0.717, 1.165) is 48.1 Å². The van der Waals surface area contributed by atoms with Crippen LogP contribution in [0.1, 0.15) is 60.4 Å². The second-order valence-electron chi connectivity index (χ2n) is 11.5. The molecule has 0 radical (unpaired) electrons. The van der Waals surface area contributed by atoms with E-state index < -0.39 is 29.2 Å². The van der Waals surface area contributed by atoms with Crippen molar-refractivity contribution in [1.29, 1.82) is 0 Å².